The molecule has 0 saturated heterocycles. The minimum Gasteiger partial charge on any atom is -0.491 e. The summed E-state index contributed by atoms with van der Waals surface area (Å²) in [4.78, 5) is 11.4. The third kappa shape index (κ3) is 2.20. The van der Waals surface area contributed by atoms with Crippen LogP contribution in [0.2, 0.25) is 0 Å². The molecule has 98 valence electrons. The van der Waals surface area contributed by atoms with E-state index in [1.807, 2.05) is 38.1 Å². The minimum atomic E-state index is -0.796. The second-order valence-corrected chi connectivity index (χ2v) is 5.25. The molecule has 0 bridgehead atoms. The average Bonchev–Trinajstić information content (AvgIpc) is 2.24. The number of aliphatic carboxylic acids is 1. The molecule has 0 radical (unpaired) electrons. The average molecular weight is 249 g/mol. The second kappa shape index (κ2) is 4.61. The molecule has 18 heavy (non-hydrogen) atoms. The molecule has 4 heteroatoms. The molecule has 1 aliphatic rings. The van der Waals surface area contributed by atoms with Crippen molar-refractivity contribution < 1.29 is 14.6 Å². The van der Waals surface area contributed by atoms with E-state index in [9.17, 15) is 9.90 Å². The molecule has 2 rings (SSSR count). The third-order valence-electron chi connectivity index (χ3n) is 3.41. The predicted molar refractivity (Wildman–Crippen MR) is 68.7 cm³/mol. The highest BCUT2D eigenvalue weighted by Gasteiger charge is 2.50. The summed E-state index contributed by atoms with van der Waals surface area (Å²) in [6.07, 6.45) is 1.13. The molecule has 0 heterocycles. The Morgan fingerprint density at radius 3 is 2.33 bits per heavy atom. The number of benzene rings is 1. The fourth-order valence-electron chi connectivity index (χ4n) is 2.49. The number of hydrogen-bond donors (Lipinski definition) is 2. The van der Waals surface area contributed by atoms with Gasteiger partial charge in [-0.2, -0.15) is 0 Å². The van der Waals surface area contributed by atoms with Gasteiger partial charge in [0.1, 0.15) is 5.75 Å². The monoisotopic (exact) mass is 249 g/mol. The zero-order valence-electron chi connectivity index (χ0n) is 10.7. The maximum absolute atomic E-state index is 11.4. The largest absolute Gasteiger partial charge is 0.491 e. The number of carboxylic acids is 1. The summed E-state index contributed by atoms with van der Waals surface area (Å²) in [6, 6.07) is 7.30. The van der Waals surface area contributed by atoms with Crippen molar-refractivity contribution in [3.63, 3.8) is 0 Å². The van der Waals surface area contributed by atoms with Crippen LogP contribution in [0.3, 0.4) is 0 Å². The molecule has 0 spiro atoms. The van der Waals surface area contributed by atoms with Crippen LogP contribution in [0.25, 0.3) is 0 Å². The first kappa shape index (κ1) is 12.9. The van der Waals surface area contributed by atoms with Crippen molar-refractivity contribution in [2.45, 2.75) is 44.2 Å². The van der Waals surface area contributed by atoms with Gasteiger partial charge in [0.2, 0.25) is 0 Å². The highest BCUT2D eigenvalue weighted by Crippen LogP contribution is 2.43. The van der Waals surface area contributed by atoms with Crippen LogP contribution in [0.1, 0.15) is 32.3 Å². The van der Waals surface area contributed by atoms with E-state index < -0.39 is 11.4 Å². The zero-order chi connectivity index (χ0) is 13.3. The standard InChI is InChI=1S/C14H19NO3/c1-9(2)18-12-5-3-10(4-6-12)14(13(16)17)7-11(15)8-14/h3-6,9,11H,7-8,15H2,1-2H3,(H,16,17). The number of carbonyl (C=O) groups is 1. The summed E-state index contributed by atoms with van der Waals surface area (Å²) in [5.74, 6) is -0.0281. The smallest absolute Gasteiger partial charge is 0.314 e. The van der Waals surface area contributed by atoms with Gasteiger partial charge in [0.25, 0.3) is 0 Å². The van der Waals surface area contributed by atoms with Crippen molar-refractivity contribution in [1.29, 1.82) is 0 Å². The third-order valence-corrected chi connectivity index (χ3v) is 3.41. The molecule has 3 N–H and O–H groups in total. The van der Waals surface area contributed by atoms with E-state index in [1.165, 1.54) is 0 Å². The molecule has 0 aromatic heterocycles. The summed E-state index contributed by atoms with van der Waals surface area (Å²) in [6.45, 7) is 3.91. The number of rotatable bonds is 4. The van der Waals surface area contributed by atoms with Crippen LogP contribution in [0.4, 0.5) is 0 Å². The predicted octanol–water partition coefficient (Wildman–Crippen LogP) is 1.92. The van der Waals surface area contributed by atoms with Gasteiger partial charge >= 0.3 is 5.97 Å². The molecular formula is C14H19NO3. The van der Waals surface area contributed by atoms with Crippen molar-refractivity contribution in [2.75, 3.05) is 0 Å². The summed E-state index contributed by atoms with van der Waals surface area (Å²) in [5, 5.41) is 9.38. The zero-order valence-corrected chi connectivity index (χ0v) is 10.7. The Labute approximate surface area is 107 Å². The molecule has 1 aliphatic carbocycles. The van der Waals surface area contributed by atoms with Crippen LogP contribution in [-0.2, 0) is 10.2 Å². The first-order chi connectivity index (χ1) is 8.44. The number of ether oxygens (including phenoxy) is 1. The lowest BCUT2D eigenvalue weighted by atomic mass is 9.62. The van der Waals surface area contributed by atoms with Crippen LogP contribution >= 0.6 is 0 Å². The van der Waals surface area contributed by atoms with E-state index in [2.05, 4.69) is 0 Å². The van der Waals surface area contributed by atoms with Gasteiger partial charge in [-0.05, 0) is 44.4 Å². The quantitative estimate of drug-likeness (QED) is 0.855. The topological polar surface area (TPSA) is 72.5 Å². The van der Waals surface area contributed by atoms with E-state index in [1.54, 1.807) is 0 Å². The van der Waals surface area contributed by atoms with Crippen molar-refractivity contribution in [3.05, 3.63) is 29.8 Å². The maximum atomic E-state index is 11.4. The van der Waals surface area contributed by atoms with Crippen LogP contribution in [-0.4, -0.2) is 23.2 Å². The van der Waals surface area contributed by atoms with E-state index in [4.69, 9.17) is 10.5 Å². The molecule has 0 atom stereocenters. The summed E-state index contributed by atoms with van der Waals surface area (Å²) >= 11 is 0. The highest BCUT2D eigenvalue weighted by atomic mass is 16.5. The molecule has 0 aliphatic heterocycles. The van der Waals surface area contributed by atoms with Gasteiger partial charge in [-0.15, -0.1) is 0 Å². The van der Waals surface area contributed by atoms with E-state index in [0.29, 0.717) is 12.8 Å². The van der Waals surface area contributed by atoms with Crippen molar-refractivity contribution in [3.8, 4) is 5.75 Å². The summed E-state index contributed by atoms with van der Waals surface area (Å²) in [7, 11) is 0. The Morgan fingerprint density at radius 1 is 1.39 bits per heavy atom. The molecule has 0 unspecified atom stereocenters. The second-order valence-electron chi connectivity index (χ2n) is 5.25. The number of carboxylic acid groups (broad SMARTS) is 1. The summed E-state index contributed by atoms with van der Waals surface area (Å²) in [5.41, 5.74) is 5.75. The van der Waals surface area contributed by atoms with Gasteiger partial charge in [0.05, 0.1) is 11.5 Å². The lowest BCUT2D eigenvalue weighted by molar-refractivity contribution is -0.148. The highest BCUT2D eigenvalue weighted by molar-refractivity contribution is 5.83. The molecule has 1 fully saturated rings. The number of nitrogens with two attached hydrogens (primary N) is 1. The Bertz CT molecular complexity index is 433. The van der Waals surface area contributed by atoms with Crippen LogP contribution in [0, 0.1) is 0 Å². The molecule has 0 amide bonds. The lowest BCUT2D eigenvalue weighted by Gasteiger charge is -2.43. The first-order valence-corrected chi connectivity index (χ1v) is 6.20. The van der Waals surface area contributed by atoms with Gasteiger partial charge in [-0.3, -0.25) is 4.79 Å². The Kier molecular flexibility index (Phi) is 3.30. The first-order valence-electron chi connectivity index (χ1n) is 6.20. The fourth-order valence-corrected chi connectivity index (χ4v) is 2.49. The normalized spacial score (nSPS) is 26.8. The van der Waals surface area contributed by atoms with E-state index in [-0.39, 0.29) is 12.1 Å². The summed E-state index contributed by atoms with van der Waals surface area (Å²) < 4.78 is 5.54. The van der Waals surface area contributed by atoms with Gasteiger partial charge < -0.3 is 15.6 Å². The minimum absolute atomic E-state index is 0.00677. The van der Waals surface area contributed by atoms with Crippen LogP contribution in [0.5, 0.6) is 5.75 Å². The van der Waals surface area contributed by atoms with E-state index in [0.717, 1.165) is 11.3 Å². The van der Waals surface area contributed by atoms with Gasteiger partial charge in [0.15, 0.2) is 0 Å². The van der Waals surface area contributed by atoms with Crippen molar-refractivity contribution in [1.82, 2.24) is 0 Å². The van der Waals surface area contributed by atoms with E-state index >= 15 is 0 Å². The van der Waals surface area contributed by atoms with Crippen LogP contribution < -0.4 is 10.5 Å². The van der Waals surface area contributed by atoms with Gasteiger partial charge in [-0.25, -0.2) is 0 Å². The van der Waals surface area contributed by atoms with Crippen LogP contribution in [0.15, 0.2) is 24.3 Å². The Balaban J connectivity index is 2.20. The number of hydrogen-bond acceptors (Lipinski definition) is 3. The molecule has 4 nitrogen and oxygen atoms in total. The fraction of sp³-hybridized carbons (Fsp3) is 0.500. The lowest BCUT2D eigenvalue weighted by Crippen LogP contribution is -2.54. The van der Waals surface area contributed by atoms with Crippen molar-refractivity contribution in [2.24, 2.45) is 5.73 Å². The SMILES string of the molecule is CC(C)Oc1ccc(C2(C(=O)O)CC(N)C2)cc1. The molecular weight excluding hydrogens is 230 g/mol. The van der Waals surface area contributed by atoms with Gasteiger partial charge in [0, 0.05) is 6.04 Å². The maximum Gasteiger partial charge on any atom is 0.314 e. The molecule has 1 aromatic rings. The van der Waals surface area contributed by atoms with Crippen molar-refractivity contribution >= 4 is 5.97 Å². The Hall–Kier alpha value is -1.55. The van der Waals surface area contributed by atoms with Gasteiger partial charge in [-0.1, -0.05) is 12.1 Å². The Morgan fingerprint density at radius 2 is 1.94 bits per heavy atom. The molecule has 1 saturated carbocycles. The molecule has 1 aromatic carbocycles.